The first kappa shape index (κ1) is 16.1. The predicted octanol–water partition coefficient (Wildman–Crippen LogP) is 6.43. The van der Waals surface area contributed by atoms with Gasteiger partial charge in [0.2, 0.25) is 0 Å². The fourth-order valence-electron chi connectivity index (χ4n) is 3.55. The van der Waals surface area contributed by atoms with Crippen LogP contribution in [0.25, 0.3) is 10.8 Å². The van der Waals surface area contributed by atoms with Gasteiger partial charge in [-0.25, -0.2) is 0 Å². The van der Waals surface area contributed by atoms with E-state index in [1.54, 1.807) is 0 Å². The summed E-state index contributed by atoms with van der Waals surface area (Å²) in [6, 6.07) is 12.9. The SMILES string of the molecule is CC(C)(C)[C@H]1CC[C@H](Oc2cc(I)c3ccccc3c2)CC1. The Morgan fingerprint density at radius 3 is 2.36 bits per heavy atom. The molecule has 0 radical (unpaired) electrons. The van der Waals surface area contributed by atoms with Crippen LogP contribution in [0, 0.1) is 14.9 Å². The molecule has 0 bridgehead atoms. The summed E-state index contributed by atoms with van der Waals surface area (Å²) in [5.74, 6) is 1.87. The number of rotatable bonds is 2. The van der Waals surface area contributed by atoms with Crippen molar-refractivity contribution in [1.29, 1.82) is 0 Å². The summed E-state index contributed by atoms with van der Waals surface area (Å²) in [7, 11) is 0. The zero-order chi connectivity index (χ0) is 15.7. The van der Waals surface area contributed by atoms with Crippen molar-refractivity contribution in [2.24, 2.45) is 11.3 Å². The Labute approximate surface area is 147 Å². The topological polar surface area (TPSA) is 9.23 Å². The fraction of sp³-hybridized carbons (Fsp3) is 0.500. The first-order valence-electron chi connectivity index (χ1n) is 8.28. The normalized spacial score (nSPS) is 22.7. The van der Waals surface area contributed by atoms with Crippen LogP contribution in [0.4, 0.5) is 0 Å². The number of benzene rings is 2. The number of fused-ring (bicyclic) bond motifs is 1. The third kappa shape index (κ3) is 3.58. The lowest BCUT2D eigenvalue weighted by Crippen LogP contribution is -2.30. The Morgan fingerprint density at radius 2 is 1.68 bits per heavy atom. The molecular weight excluding hydrogens is 383 g/mol. The van der Waals surface area contributed by atoms with Crippen LogP contribution in [0.5, 0.6) is 5.75 Å². The van der Waals surface area contributed by atoms with Gasteiger partial charge in [-0.3, -0.25) is 0 Å². The van der Waals surface area contributed by atoms with Crippen LogP contribution in [-0.2, 0) is 0 Å². The molecule has 1 aliphatic carbocycles. The first-order valence-corrected chi connectivity index (χ1v) is 9.36. The molecule has 0 aliphatic heterocycles. The van der Waals surface area contributed by atoms with E-state index in [9.17, 15) is 0 Å². The van der Waals surface area contributed by atoms with E-state index in [4.69, 9.17) is 4.74 Å². The van der Waals surface area contributed by atoms with Gasteiger partial charge in [0.25, 0.3) is 0 Å². The second-order valence-corrected chi connectivity index (χ2v) is 8.75. The molecular formula is C20H25IO. The van der Waals surface area contributed by atoms with Crippen molar-refractivity contribution in [1.82, 2.24) is 0 Å². The maximum absolute atomic E-state index is 6.30. The van der Waals surface area contributed by atoms with Gasteiger partial charge in [0.1, 0.15) is 5.75 Å². The van der Waals surface area contributed by atoms with Gasteiger partial charge in [-0.05, 0) is 82.5 Å². The lowest BCUT2D eigenvalue weighted by atomic mass is 9.72. The molecule has 2 heteroatoms. The van der Waals surface area contributed by atoms with Crippen LogP contribution in [0.2, 0.25) is 0 Å². The minimum Gasteiger partial charge on any atom is -0.490 e. The maximum atomic E-state index is 6.30. The fourth-order valence-corrected chi connectivity index (χ4v) is 4.34. The average molecular weight is 408 g/mol. The van der Waals surface area contributed by atoms with Crippen molar-refractivity contribution in [2.75, 3.05) is 0 Å². The van der Waals surface area contributed by atoms with E-state index in [1.807, 2.05) is 0 Å². The molecule has 0 amide bonds. The molecule has 0 aromatic heterocycles. The largest absolute Gasteiger partial charge is 0.490 e. The van der Waals surface area contributed by atoms with Gasteiger partial charge < -0.3 is 4.74 Å². The lowest BCUT2D eigenvalue weighted by molar-refractivity contribution is 0.0883. The summed E-state index contributed by atoms with van der Waals surface area (Å²) in [5, 5.41) is 2.58. The third-order valence-electron chi connectivity index (χ3n) is 4.99. The molecule has 0 heterocycles. The summed E-state index contributed by atoms with van der Waals surface area (Å²) in [4.78, 5) is 0. The number of hydrogen-bond donors (Lipinski definition) is 0. The van der Waals surface area contributed by atoms with Crippen molar-refractivity contribution in [2.45, 2.75) is 52.6 Å². The number of ether oxygens (including phenoxy) is 1. The highest BCUT2D eigenvalue weighted by Crippen LogP contribution is 2.39. The maximum Gasteiger partial charge on any atom is 0.121 e. The van der Waals surface area contributed by atoms with E-state index in [2.05, 4.69) is 79.8 Å². The zero-order valence-corrected chi connectivity index (χ0v) is 15.9. The molecule has 3 rings (SSSR count). The summed E-state index contributed by atoms with van der Waals surface area (Å²) in [6.07, 6.45) is 5.34. The molecule has 1 fully saturated rings. The van der Waals surface area contributed by atoms with E-state index in [1.165, 1.54) is 40.0 Å². The molecule has 0 atom stereocenters. The predicted molar refractivity (Wildman–Crippen MR) is 102 cm³/mol. The Bertz CT molecular complexity index is 648. The van der Waals surface area contributed by atoms with Crippen molar-refractivity contribution in [3.8, 4) is 5.75 Å². The molecule has 118 valence electrons. The van der Waals surface area contributed by atoms with Crippen LogP contribution < -0.4 is 4.74 Å². The summed E-state index contributed by atoms with van der Waals surface area (Å²) in [6.45, 7) is 7.10. The van der Waals surface area contributed by atoms with Crippen molar-refractivity contribution in [3.63, 3.8) is 0 Å². The zero-order valence-electron chi connectivity index (χ0n) is 13.7. The van der Waals surface area contributed by atoms with Gasteiger partial charge in [0.15, 0.2) is 0 Å². The van der Waals surface area contributed by atoms with Gasteiger partial charge in [-0.2, -0.15) is 0 Å². The minimum atomic E-state index is 0.385. The highest BCUT2D eigenvalue weighted by atomic mass is 127. The second-order valence-electron chi connectivity index (χ2n) is 7.58. The van der Waals surface area contributed by atoms with Crippen molar-refractivity contribution < 1.29 is 4.74 Å². The van der Waals surface area contributed by atoms with E-state index in [0.717, 1.165) is 11.7 Å². The number of hydrogen-bond acceptors (Lipinski definition) is 1. The molecule has 1 nitrogen and oxygen atoms in total. The molecule has 0 unspecified atom stereocenters. The lowest BCUT2D eigenvalue weighted by Gasteiger charge is -2.37. The Hall–Kier alpha value is -0.770. The van der Waals surface area contributed by atoms with Crippen LogP contribution in [0.15, 0.2) is 36.4 Å². The molecule has 0 saturated heterocycles. The molecule has 22 heavy (non-hydrogen) atoms. The minimum absolute atomic E-state index is 0.385. The van der Waals surface area contributed by atoms with Crippen LogP contribution in [0.1, 0.15) is 46.5 Å². The monoisotopic (exact) mass is 408 g/mol. The quantitative estimate of drug-likeness (QED) is 0.521. The molecule has 2 aromatic rings. The molecule has 0 spiro atoms. The van der Waals surface area contributed by atoms with Crippen molar-refractivity contribution in [3.05, 3.63) is 40.0 Å². The second kappa shape index (κ2) is 6.38. The van der Waals surface area contributed by atoms with Gasteiger partial charge in [0, 0.05) is 3.57 Å². The Morgan fingerprint density at radius 1 is 1.00 bits per heavy atom. The van der Waals surface area contributed by atoms with Gasteiger partial charge in [0.05, 0.1) is 6.10 Å². The first-order chi connectivity index (χ1) is 10.4. The van der Waals surface area contributed by atoms with E-state index >= 15 is 0 Å². The summed E-state index contributed by atoms with van der Waals surface area (Å²) in [5.41, 5.74) is 0.434. The van der Waals surface area contributed by atoms with Gasteiger partial charge in [-0.1, -0.05) is 45.0 Å². The van der Waals surface area contributed by atoms with E-state index < -0.39 is 0 Å². The molecule has 1 aliphatic rings. The average Bonchev–Trinajstić information content (AvgIpc) is 2.47. The highest BCUT2D eigenvalue weighted by molar-refractivity contribution is 14.1. The third-order valence-corrected chi connectivity index (χ3v) is 5.88. The van der Waals surface area contributed by atoms with Crippen molar-refractivity contribution >= 4 is 33.4 Å². The van der Waals surface area contributed by atoms with Gasteiger partial charge in [-0.15, -0.1) is 0 Å². The Kier molecular flexibility index (Phi) is 4.67. The molecule has 2 aromatic carbocycles. The summed E-state index contributed by atoms with van der Waals surface area (Å²) >= 11 is 2.41. The Balaban J connectivity index is 1.70. The van der Waals surface area contributed by atoms with Crippen LogP contribution >= 0.6 is 22.6 Å². The summed E-state index contributed by atoms with van der Waals surface area (Å²) < 4.78 is 7.57. The number of halogens is 1. The van der Waals surface area contributed by atoms with Crippen LogP contribution in [-0.4, -0.2) is 6.10 Å². The van der Waals surface area contributed by atoms with Gasteiger partial charge >= 0.3 is 0 Å². The smallest absolute Gasteiger partial charge is 0.121 e. The van der Waals surface area contributed by atoms with E-state index in [-0.39, 0.29) is 0 Å². The van der Waals surface area contributed by atoms with E-state index in [0.29, 0.717) is 11.5 Å². The highest BCUT2D eigenvalue weighted by Gasteiger charge is 2.30. The standard InChI is InChI=1S/C20H25IO/c1-20(2,3)15-8-10-16(11-9-15)22-17-12-14-6-4-5-7-18(14)19(21)13-17/h4-7,12-13,15-16H,8-11H2,1-3H3/t15-,16-. The molecule has 0 N–H and O–H groups in total. The van der Waals surface area contributed by atoms with Crippen LogP contribution in [0.3, 0.4) is 0 Å². The molecule has 1 saturated carbocycles.